The fourth-order valence-corrected chi connectivity index (χ4v) is 3.66. The normalized spacial score (nSPS) is 19.3. The highest BCUT2D eigenvalue weighted by molar-refractivity contribution is 7.53. The van der Waals surface area contributed by atoms with E-state index in [9.17, 15) is 9.36 Å². The number of hydrogen-bond acceptors (Lipinski definition) is 6. The molecular weight excluding hydrogens is 305 g/mol. The Kier molecular flexibility index (Phi) is 6.15. The van der Waals surface area contributed by atoms with Crippen molar-refractivity contribution in [1.82, 2.24) is 4.90 Å². The van der Waals surface area contributed by atoms with Crippen LogP contribution in [0.1, 0.15) is 18.4 Å². The van der Waals surface area contributed by atoms with Gasteiger partial charge in [-0.15, -0.1) is 0 Å². The van der Waals surface area contributed by atoms with E-state index in [1.165, 1.54) is 14.2 Å². The van der Waals surface area contributed by atoms with Crippen LogP contribution >= 0.6 is 7.60 Å². The van der Waals surface area contributed by atoms with Crippen molar-refractivity contribution in [2.24, 2.45) is 0 Å². The number of likely N-dealkylation sites (tertiary alicyclic amines) is 1. The minimum atomic E-state index is -3.17. The van der Waals surface area contributed by atoms with Gasteiger partial charge in [0.2, 0.25) is 0 Å². The maximum Gasteiger partial charge on any atom is 0.344 e. The lowest BCUT2D eigenvalue weighted by Gasteiger charge is -2.25. The third kappa shape index (κ3) is 4.40. The van der Waals surface area contributed by atoms with Crippen LogP contribution in [0.4, 0.5) is 0 Å². The van der Waals surface area contributed by atoms with E-state index in [1.807, 2.05) is 35.2 Å². The van der Waals surface area contributed by atoms with E-state index in [0.717, 1.165) is 12.0 Å². The molecule has 122 valence electrons. The number of benzene rings is 1. The molecule has 0 unspecified atom stereocenters. The zero-order valence-electron chi connectivity index (χ0n) is 12.9. The van der Waals surface area contributed by atoms with E-state index in [1.54, 1.807) is 0 Å². The molecule has 0 aromatic heterocycles. The Morgan fingerprint density at radius 2 is 1.95 bits per heavy atom. The van der Waals surface area contributed by atoms with Gasteiger partial charge in [-0.1, -0.05) is 30.3 Å². The van der Waals surface area contributed by atoms with Crippen LogP contribution in [-0.4, -0.2) is 44.0 Å². The molecule has 0 N–H and O–H groups in total. The van der Waals surface area contributed by atoms with Gasteiger partial charge < -0.3 is 13.8 Å². The van der Waals surface area contributed by atoms with E-state index in [0.29, 0.717) is 13.0 Å². The second-order valence-electron chi connectivity index (χ2n) is 5.18. The van der Waals surface area contributed by atoms with E-state index in [4.69, 9.17) is 13.8 Å². The maximum absolute atomic E-state index is 12.3. The number of rotatable bonds is 7. The van der Waals surface area contributed by atoms with Gasteiger partial charge in [0.15, 0.2) is 0 Å². The number of hydrogen-bond donors (Lipinski definition) is 0. The largest absolute Gasteiger partial charge is 0.460 e. The standard InChI is InChI=1S/C15H22NO5P/c1-19-22(18,20-2)12-16-10-6-9-14(16)15(17)21-11-13-7-4-3-5-8-13/h3-5,7-8,14H,6,9-12H2,1-2H3/t14-/m0/s1. The van der Waals surface area contributed by atoms with E-state index in [-0.39, 0.29) is 24.9 Å². The first kappa shape index (κ1) is 17.2. The molecule has 1 aliphatic heterocycles. The third-order valence-corrected chi connectivity index (χ3v) is 5.59. The Bertz CT molecular complexity index is 528. The predicted octanol–water partition coefficient (Wildman–Crippen LogP) is 2.64. The van der Waals surface area contributed by atoms with Gasteiger partial charge in [0.1, 0.15) is 18.9 Å². The number of carbonyl (C=O) groups is 1. The molecule has 0 radical (unpaired) electrons. The third-order valence-electron chi connectivity index (χ3n) is 3.77. The maximum atomic E-state index is 12.3. The first-order valence-electron chi connectivity index (χ1n) is 7.23. The van der Waals surface area contributed by atoms with Crippen molar-refractivity contribution >= 4 is 13.6 Å². The molecule has 1 fully saturated rings. The van der Waals surface area contributed by atoms with E-state index >= 15 is 0 Å². The van der Waals surface area contributed by atoms with Crippen molar-refractivity contribution in [2.75, 3.05) is 27.1 Å². The number of esters is 1. The number of ether oxygens (including phenoxy) is 1. The van der Waals surface area contributed by atoms with Gasteiger partial charge in [0, 0.05) is 14.2 Å². The van der Waals surface area contributed by atoms with Crippen LogP contribution in [0.2, 0.25) is 0 Å². The lowest BCUT2D eigenvalue weighted by molar-refractivity contribution is -0.150. The van der Waals surface area contributed by atoms with Crippen LogP contribution < -0.4 is 0 Å². The molecule has 0 saturated carbocycles. The fraction of sp³-hybridized carbons (Fsp3) is 0.533. The first-order valence-corrected chi connectivity index (χ1v) is 8.96. The summed E-state index contributed by atoms with van der Waals surface area (Å²) in [6, 6.07) is 9.14. The molecule has 1 aromatic carbocycles. The summed E-state index contributed by atoms with van der Waals surface area (Å²) in [5.74, 6) is -0.292. The molecule has 1 atom stereocenters. The summed E-state index contributed by atoms with van der Waals surface area (Å²) in [6.45, 7) is 0.929. The Balaban J connectivity index is 1.92. The molecule has 1 heterocycles. The van der Waals surface area contributed by atoms with Gasteiger partial charge in [-0.25, -0.2) is 0 Å². The molecule has 22 heavy (non-hydrogen) atoms. The quantitative estimate of drug-likeness (QED) is 0.567. The molecule has 0 bridgehead atoms. The van der Waals surface area contributed by atoms with Gasteiger partial charge in [0.05, 0.1) is 0 Å². The highest BCUT2D eigenvalue weighted by Crippen LogP contribution is 2.48. The minimum absolute atomic E-state index is 0.102. The molecule has 1 aromatic rings. The number of carbonyl (C=O) groups excluding carboxylic acids is 1. The summed E-state index contributed by atoms with van der Waals surface area (Å²) in [5, 5.41) is 0. The highest BCUT2D eigenvalue weighted by Gasteiger charge is 2.37. The van der Waals surface area contributed by atoms with E-state index < -0.39 is 7.60 Å². The zero-order valence-corrected chi connectivity index (χ0v) is 13.8. The number of nitrogens with zero attached hydrogens (tertiary/aromatic N) is 1. The van der Waals surface area contributed by atoms with Crippen LogP contribution in [-0.2, 0) is 29.8 Å². The van der Waals surface area contributed by atoms with Crippen LogP contribution in [0, 0.1) is 0 Å². The molecule has 7 heteroatoms. The Hall–Kier alpha value is -1.20. The average Bonchev–Trinajstić information content (AvgIpc) is 3.01. The minimum Gasteiger partial charge on any atom is -0.460 e. The molecule has 6 nitrogen and oxygen atoms in total. The van der Waals surface area contributed by atoms with Crippen molar-refractivity contribution in [3.63, 3.8) is 0 Å². The summed E-state index contributed by atoms with van der Waals surface area (Å²) in [7, 11) is -0.466. The van der Waals surface area contributed by atoms with Gasteiger partial charge in [-0.05, 0) is 24.9 Å². The lowest BCUT2D eigenvalue weighted by atomic mass is 10.2. The summed E-state index contributed by atoms with van der Waals surface area (Å²) in [5.41, 5.74) is 0.944. The monoisotopic (exact) mass is 327 g/mol. The van der Waals surface area contributed by atoms with Crippen molar-refractivity contribution in [3.8, 4) is 0 Å². The lowest BCUT2D eigenvalue weighted by Crippen LogP contribution is -2.38. The Morgan fingerprint density at radius 1 is 1.27 bits per heavy atom. The van der Waals surface area contributed by atoms with Crippen molar-refractivity contribution in [1.29, 1.82) is 0 Å². The summed E-state index contributed by atoms with van der Waals surface area (Å²) in [4.78, 5) is 14.1. The Morgan fingerprint density at radius 3 is 2.59 bits per heavy atom. The van der Waals surface area contributed by atoms with Crippen LogP contribution in [0.25, 0.3) is 0 Å². The molecule has 2 rings (SSSR count). The summed E-state index contributed by atoms with van der Waals surface area (Å²) in [6.07, 6.45) is 1.66. The van der Waals surface area contributed by atoms with E-state index in [2.05, 4.69) is 0 Å². The molecule has 0 amide bonds. The smallest absolute Gasteiger partial charge is 0.344 e. The van der Waals surface area contributed by atoms with Crippen molar-refractivity contribution in [2.45, 2.75) is 25.5 Å². The molecule has 1 saturated heterocycles. The molecule has 0 aliphatic carbocycles. The fourth-order valence-electron chi connectivity index (χ4n) is 2.50. The highest BCUT2D eigenvalue weighted by atomic mass is 31.2. The molecule has 0 spiro atoms. The second-order valence-corrected chi connectivity index (χ2v) is 7.42. The van der Waals surface area contributed by atoms with Gasteiger partial charge in [-0.3, -0.25) is 14.3 Å². The summed E-state index contributed by atoms with van der Waals surface area (Å²) >= 11 is 0. The van der Waals surface area contributed by atoms with Crippen LogP contribution in [0.15, 0.2) is 30.3 Å². The zero-order chi connectivity index (χ0) is 16.0. The van der Waals surface area contributed by atoms with Crippen molar-refractivity contribution < 1.29 is 23.1 Å². The second kappa shape index (κ2) is 7.88. The Labute approximate surface area is 130 Å². The first-order chi connectivity index (χ1) is 10.6. The SMILES string of the molecule is COP(=O)(CN1CCC[C@H]1C(=O)OCc1ccccc1)OC. The summed E-state index contributed by atoms with van der Waals surface area (Å²) < 4.78 is 27.5. The van der Waals surface area contributed by atoms with Crippen LogP contribution in [0.3, 0.4) is 0 Å². The predicted molar refractivity (Wildman–Crippen MR) is 82.5 cm³/mol. The van der Waals surface area contributed by atoms with Gasteiger partial charge >= 0.3 is 13.6 Å². The average molecular weight is 327 g/mol. The molecule has 1 aliphatic rings. The van der Waals surface area contributed by atoms with Crippen LogP contribution in [0.5, 0.6) is 0 Å². The van der Waals surface area contributed by atoms with Gasteiger partial charge in [0.25, 0.3) is 0 Å². The topological polar surface area (TPSA) is 65.1 Å². The van der Waals surface area contributed by atoms with Gasteiger partial charge in [-0.2, -0.15) is 0 Å². The van der Waals surface area contributed by atoms with Crippen molar-refractivity contribution in [3.05, 3.63) is 35.9 Å². The molecular formula is C15H22NO5P.